The van der Waals surface area contributed by atoms with Gasteiger partial charge in [0.1, 0.15) is 11.5 Å². The van der Waals surface area contributed by atoms with E-state index in [4.69, 9.17) is 9.47 Å². The maximum atomic E-state index is 12.2. The van der Waals surface area contributed by atoms with Crippen LogP contribution in [0.15, 0.2) is 97.1 Å². The molecule has 4 rings (SSSR count). The van der Waals surface area contributed by atoms with Crippen LogP contribution >= 0.6 is 0 Å². The van der Waals surface area contributed by atoms with E-state index in [1.807, 2.05) is 111 Å². The molecule has 36 heavy (non-hydrogen) atoms. The number of rotatable bonds is 9. The van der Waals surface area contributed by atoms with Crippen LogP contribution < -0.4 is 20.1 Å². The van der Waals surface area contributed by atoms with E-state index in [-0.39, 0.29) is 25.0 Å². The summed E-state index contributed by atoms with van der Waals surface area (Å²) in [5.41, 5.74) is 5.32. The summed E-state index contributed by atoms with van der Waals surface area (Å²) in [4.78, 5) is 24.5. The predicted octanol–water partition coefficient (Wildman–Crippen LogP) is 6.01. The minimum atomic E-state index is -0.225. The zero-order chi connectivity index (χ0) is 25.3. The zero-order valence-electron chi connectivity index (χ0n) is 20.3. The fourth-order valence-electron chi connectivity index (χ4n) is 3.61. The largest absolute Gasteiger partial charge is 0.483 e. The van der Waals surface area contributed by atoms with Crippen LogP contribution in [-0.4, -0.2) is 25.0 Å². The van der Waals surface area contributed by atoms with Gasteiger partial charge in [-0.15, -0.1) is 0 Å². The van der Waals surface area contributed by atoms with E-state index >= 15 is 0 Å². The molecule has 0 aliphatic heterocycles. The highest BCUT2D eigenvalue weighted by Gasteiger charge is 2.08. The number of nitrogens with one attached hydrogen (secondary N) is 2. The number of carbonyl (C=O) groups is 2. The quantitative estimate of drug-likeness (QED) is 0.308. The van der Waals surface area contributed by atoms with E-state index in [0.717, 1.165) is 22.3 Å². The van der Waals surface area contributed by atoms with Gasteiger partial charge in [-0.2, -0.15) is 0 Å². The van der Waals surface area contributed by atoms with Crippen molar-refractivity contribution in [2.45, 2.75) is 13.8 Å². The molecule has 0 heterocycles. The molecule has 6 nitrogen and oxygen atoms in total. The summed E-state index contributed by atoms with van der Waals surface area (Å²) in [5.74, 6) is 0.943. The lowest BCUT2D eigenvalue weighted by atomic mass is 10.0. The molecule has 4 aromatic rings. The first kappa shape index (κ1) is 24.5. The summed E-state index contributed by atoms with van der Waals surface area (Å²) in [5, 5.41) is 5.69. The van der Waals surface area contributed by atoms with Crippen LogP contribution in [0.2, 0.25) is 0 Å². The Bertz CT molecular complexity index is 1230. The van der Waals surface area contributed by atoms with E-state index in [2.05, 4.69) is 10.6 Å². The first-order valence-corrected chi connectivity index (χ1v) is 11.6. The van der Waals surface area contributed by atoms with Crippen molar-refractivity contribution in [3.05, 3.63) is 108 Å². The van der Waals surface area contributed by atoms with E-state index in [0.29, 0.717) is 22.9 Å². The Kier molecular flexibility index (Phi) is 7.98. The second-order valence-corrected chi connectivity index (χ2v) is 8.36. The molecule has 4 aromatic carbocycles. The van der Waals surface area contributed by atoms with Gasteiger partial charge < -0.3 is 20.1 Å². The van der Waals surface area contributed by atoms with Crippen molar-refractivity contribution in [2.24, 2.45) is 0 Å². The number of benzene rings is 4. The number of para-hydroxylation sites is 2. The maximum Gasteiger partial charge on any atom is 0.262 e. The summed E-state index contributed by atoms with van der Waals surface area (Å²) >= 11 is 0. The fraction of sp³-hybridized carbons (Fsp3) is 0.133. The minimum Gasteiger partial charge on any atom is -0.483 e. The highest BCUT2D eigenvalue weighted by molar-refractivity contribution is 5.93. The lowest BCUT2D eigenvalue weighted by Crippen LogP contribution is -2.20. The van der Waals surface area contributed by atoms with Crippen molar-refractivity contribution < 1.29 is 19.1 Å². The first-order valence-electron chi connectivity index (χ1n) is 11.6. The smallest absolute Gasteiger partial charge is 0.262 e. The van der Waals surface area contributed by atoms with Gasteiger partial charge in [0.05, 0.1) is 0 Å². The number of anilines is 2. The number of hydrogen-bond acceptors (Lipinski definition) is 4. The van der Waals surface area contributed by atoms with Gasteiger partial charge in [0.15, 0.2) is 13.2 Å². The second kappa shape index (κ2) is 11.7. The van der Waals surface area contributed by atoms with Gasteiger partial charge in [0.25, 0.3) is 11.8 Å². The molecule has 0 aliphatic carbocycles. The summed E-state index contributed by atoms with van der Waals surface area (Å²) in [6.45, 7) is 3.76. The Balaban J connectivity index is 1.27. The Labute approximate surface area is 210 Å². The molecule has 0 radical (unpaired) electrons. The van der Waals surface area contributed by atoms with E-state index in [1.165, 1.54) is 0 Å². The summed E-state index contributed by atoms with van der Waals surface area (Å²) in [6.07, 6.45) is 0. The monoisotopic (exact) mass is 480 g/mol. The van der Waals surface area contributed by atoms with E-state index in [1.54, 1.807) is 0 Å². The molecule has 0 saturated carbocycles. The number of ether oxygens (including phenoxy) is 2. The third-order valence-corrected chi connectivity index (χ3v) is 5.58. The molecular weight excluding hydrogens is 452 g/mol. The lowest BCUT2D eigenvalue weighted by Gasteiger charge is -2.11. The third kappa shape index (κ3) is 6.73. The first-order chi connectivity index (χ1) is 17.5. The lowest BCUT2D eigenvalue weighted by molar-refractivity contribution is -0.118. The molecule has 0 spiro atoms. The van der Waals surface area contributed by atoms with Gasteiger partial charge in [0, 0.05) is 11.4 Å². The van der Waals surface area contributed by atoms with Gasteiger partial charge in [0.2, 0.25) is 0 Å². The van der Waals surface area contributed by atoms with E-state index < -0.39 is 0 Å². The summed E-state index contributed by atoms with van der Waals surface area (Å²) < 4.78 is 11.2. The number of aryl methyl sites for hydroxylation is 2. The Morgan fingerprint density at radius 2 is 0.917 bits per heavy atom. The number of carbonyl (C=O) groups excluding carboxylic acids is 2. The van der Waals surface area contributed by atoms with Gasteiger partial charge in [-0.3, -0.25) is 9.59 Å². The van der Waals surface area contributed by atoms with E-state index in [9.17, 15) is 9.59 Å². The molecule has 2 N–H and O–H groups in total. The maximum absolute atomic E-state index is 12.2. The van der Waals surface area contributed by atoms with Crippen molar-refractivity contribution in [1.29, 1.82) is 0 Å². The van der Waals surface area contributed by atoms with Crippen LogP contribution in [0.4, 0.5) is 11.4 Å². The van der Waals surface area contributed by atoms with Crippen LogP contribution in [0.25, 0.3) is 11.1 Å². The Morgan fingerprint density at radius 1 is 0.556 bits per heavy atom. The zero-order valence-corrected chi connectivity index (χ0v) is 20.3. The standard InChI is InChI=1S/C30H28N2O4/c1-21-7-3-5-9-27(21)35-19-29(33)31-25-15-11-23(12-16-25)24-13-17-26(18-14-24)32-30(34)20-36-28-10-6-4-8-22(28)2/h3-18H,19-20H2,1-2H3,(H,31,33)(H,32,34). The van der Waals surface area contributed by atoms with Gasteiger partial charge in [-0.1, -0.05) is 60.7 Å². The molecule has 0 aliphatic rings. The highest BCUT2D eigenvalue weighted by Crippen LogP contribution is 2.24. The molecule has 0 bridgehead atoms. The molecular formula is C30H28N2O4. The van der Waals surface area contributed by atoms with Crippen molar-refractivity contribution in [2.75, 3.05) is 23.8 Å². The molecule has 2 amide bonds. The van der Waals surface area contributed by atoms with Crippen LogP contribution in [0.1, 0.15) is 11.1 Å². The molecule has 6 heteroatoms. The second-order valence-electron chi connectivity index (χ2n) is 8.36. The molecule has 182 valence electrons. The third-order valence-electron chi connectivity index (χ3n) is 5.58. The van der Waals surface area contributed by atoms with Gasteiger partial charge in [-0.05, 0) is 72.5 Å². The molecule has 0 atom stereocenters. The average molecular weight is 481 g/mol. The minimum absolute atomic E-state index is 0.0597. The Morgan fingerprint density at radius 3 is 1.28 bits per heavy atom. The molecule has 0 fully saturated rings. The van der Waals surface area contributed by atoms with Crippen LogP contribution in [0.5, 0.6) is 11.5 Å². The van der Waals surface area contributed by atoms with Crippen molar-refractivity contribution in [1.82, 2.24) is 0 Å². The normalized spacial score (nSPS) is 10.4. The number of hydrogen-bond donors (Lipinski definition) is 2. The fourth-order valence-corrected chi connectivity index (χ4v) is 3.61. The molecule has 0 saturated heterocycles. The highest BCUT2D eigenvalue weighted by atomic mass is 16.5. The van der Waals surface area contributed by atoms with Crippen molar-refractivity contribution in [3.63, 3.8) is 0 Å². The summed E-state index contributed by atoms with van der Waals surface area (Å²) in [7, 11) is 0. The SMILES string of the molecule is Cc1ccccc1OCC(=O)Nc1ccc(-c2ccc(NC(=O)COc3ccccc3C)cc2)cc1. The van der Waals surface area contributed by atoms with Gasteiger partial charge in [-0.25, -0.2) is 0 Å². The van der Waals surface area contributed by atoms with Crippen molar-refractivity contribution in [3.8, 4) is 22.6 Å². The summed E-state index contributed by atoms with van der Waals surface area (Å²) in [6, 6.07) is 30.3. The predicted molar refractivity (Wildman–Crippen MR) is 142 cm³/mol. The van der Waals surface area contributed by atoms with Gasteiger partial charge >= 0.3 is 0 Å². The topological polar surface area (TPSA) is 76.7 Å². The number of amides is 2. The average Bonchev–Trinajstić information content (AvgIpc) is 2.89. The Hall–Kier alpha value is -4.58. The molecule has 0 aromatic heterocycles. The van der Waals surface area contributed by atoms with Crippen LogP contribution in [-0.2, 0) is 9.59 Å². The van der Waals surface area contributed by atoms with Crippen LogP contribution in [0, 0.1) is 13.8 Å². The van der Waals surface area contributed by atoms with Crippen LogP contribution in [0.3, 0.4) is 0 Å². The molecule has 0 unspecified atom stereocenters. The van der Waals surface area contributed by atoms with Crippen molar-refractivity contribution >= 4 is 23.2 Å².